The van der Waals surface area contributed by atoms with Crippen molar-refractivity contribution < 1.29 is 9.53 Å². The summed E-state index contributed by atoms with van der Waals surface area (Å²) in [4.78, 5) is 11.9. The zero-order valence-electron chi connectivity index (χ0n) is 10.5. The zero-order chi connectivity index (χ0) is 12.1. The largest absolute Gasteiger partial charge is 0.383 e. The quantitative estimate of drug-likeness (QED) is 0.580. The van der Waals surface area contributed by atoms with Gasteiger partial charge in [0.1, 0.15) is 0 Å². The summed E-state index contributed by atoms with van der Waals surface area (Å²) < 4.78 is 6.93. The molecule has 0 aliphatic carbocycles. The lowest BCUT2D eigenvalue weighted by molar-refractivity contribution is 0.0987. The maximum Gasteiger partial charge on any atom is 0.178 e. The van der Waals surface area contributed by atoms with Gasteiger partial charge in [-0.05, 0) is 19.9 Å². The van der Waals surface area contributed by atoms with E-state index in [0.29, 0.717) is 19.7 Å². The SMILES string of the molecule is COCCNCC(=O)c1cc(C)n(C)c1C. The highest BCUT2D eigenvalue weighted by Crippen LogP contribution is 2.13. The highest BCUT2D eigenvalue weighted by Gasteiger charge is 2.12. The van der Waals surface area contributed by atoms with Crippen LogP contribution in [-0.4, -0.2) is 37.2 Å². The Kier molecular flexibility index (Phi) is 4.71. The normalized spacial score (nSPS) is 10.8. The van der Waals surface area contributed by atoms with E-state index in [1.165, 1.54) is 0 Å². The number of carbonyl (C=O) groups is 1. The molecule has 0 amide bonds. The fourth-order valence-corrected chi connectivity index (χ4v) is 1.61. The first-order valence-corrected chi connectivity index (χ1v) is 5.43. The second-order valence-electron chi connectivity index (χ2n) is 3.94. The molecule has 0 bridgehead atoms. The molecule has 1 aromatic heterocycles. The van der Waals surface area contributed by atoms with Crippen LogP contribution in [0, 0.1) is 13.8 Å². The summed E-state index contributed by atoms with van der Waals surface area (Å²) in [5.74, 6) is 0.136. The van der Waals surface area contributed by atoms with Gasteiger partial charge in [-0.3, -0.25) is 4.79 Å². The van der Waals surface area contributed by atoms with Crippen molar-refractivity contribution in [3.63, 3.8) is 0 Å². The number of nitrogens with one attached hydrogen (secondary N) is 1. The predicted molar refractivity (Wildman–Crippen MR) is 64.0 cm³/mol. The van der Waals surface area contributed by atoms with E-state index < -0.39 is 0 Å². The maximum atomic E-state index is 11.9. The lowest BCUT2D eigenvalue weighted by atomic mass is 10.1. The van der Waals surface area contributed by atoms with Gasteiger partial charge in [-0.15, -0.1) is 0 Å². The summed E-state index contributed by atoms with van der Waals surface area (Å²) in [6.07, 6.45) is 0. The summed E-state index contributed by atoms with van der Waals surface area (Å²) in [5, 5.41) is 3.06. The number of aryl methyl sites for hydroxylation is 1. The van der Waals surface area contributed by atoms with Gasteiger partial charge in [0.2, 0.25) is 0 Å². The van der Waals surface area contributed by atoms with Gasteiger partial charge in [-0.25, -0.2) is 0 Å². The number of ether oxygens (including phenoxy) is 1. The molecule has 0 spiro atoms. The van der Waals surface area contributed by atoms with E-state index in [1.807, 2.05) is 31.5 Å². The van der Waals surface area contributed by atoms with E-state index in [1.54, 1.807) is 7.11 Å². The number of Topliss-reactive ketones (excluding diaryl/α,β-unsaturated/α-hetero) is 1. The molecule has 0 fully saturated rings. The minimum absolute atomic E-state index is 0.136. The minimum atomic E-state index is 0.136. The summed E-state index contributed by atoms with van der Waals surface area (Å²) in [6.45, 7) is 5.67. The summed E-state index contributed by atoms with van der Waals surface area (Å²) in [7, 11) is 3.62. The van der Waals surface area contributed by atoms with Crippen LogP contribution in [0.4, 0.5) is 0 Å². The smallest absolute Gasteiger partial charge is 0.178 e. The molecule has 1 N–H and O–H groups in total. The Morgan fingerprint density at radius 1 is 1.50 bits per heavy atom. The highest BCUT2D eigenvalue weighted by molar-refractivity contribution is 5.99. The molecule has 4 heteroatoms. The van der Waals surface area contributed by atoms with Crippen molar-refractivity contribution >= 4 is 5.78 Å². The molecule has 1 aromatic rings. The van der Waals surface area contributed by atoms with Crippen LogP contribution in [0.5, 0.6) is 0 Å². The van der Waals surface area contributed by atoms with Crippen LogP contribution >= 0.6 is 0 Å². The van der Waals surface area contributed by atoms with Gasteiger partial charge >= 0.3 is 0 Å². The molecular weight excluding hydrogens is 204 g/mol. The van der Waals surface area contributed by atoms with Crippen molar-refractivity contribution in [3.05, 3.63) is 23.0 Å². The number of hydrogen-bond donors (Lipinski definition) is 1. The molecule has 16 heavy (non-hydrogen) atoms. The molecule has 0 radical (unpaired) electrons. The molecule has 4 nitrogen and oxygen atoms in total. The molecule has 90 valence electrons. The van der Waals surface area contributed by atoms with Gasteiger partial charge in [0.15, 0.2) is 5.78 Å². The molecule has 1 heterocycles. The third-order valence-electron chi connectivity index (χ3n) is 2.84. The van der Waals surface area contributed by atoms with Crippen LogP contribution in [0.15, 0.2) is 6.07 Å². The highest BCUT2D eigenvalue weighted by atomic mass is 16.5. The van der Waals surface area contributed by atoms with E-state index in [9.17, 15) is 4.79 Å². The molecule has 0 unspecified atom stereocenters. The fraction of sp³-hybridized carbons (Fsp3) is 0.583. The number of ketones is 1. The first kappa shape index (κ1) is 12.9. The van der Waals surface area contributed by atoms with Crippen LogP contribution in [0.2, 0.25) is 0 Å². The van der Waals surface area contributed by atoms with E-state index >= 15 is 0 Å². The lowest BCUT2D eigenvalue weighted by Gasteiger charge is -2.04. The number of aromatic nitrogens is 1. The topological polar surface area (TPSA) is 43.3 Å². The van der Waals surface area contributed by atoms with Crippen molar-refractivity contribution in [1.82, 2.24) is 9.88 Å². The Balaban J connectivity index is 2.56. The Hall–Kier alpha value is -1.13. The number of carbonyl (C=O) groups excluding carboxylic acids is 1. The van der Waals surface area contributed by atoms with Gasteiger partial charge in [-0.1, -0.05) is 0 Å². The molecule has 1 rings (SSSR count). The molecule has 0 aromatic carbocycles. The third kappa shape index (κ3) is 2.93. The monoisotopic (exact) mass is 224 g/mol. The number of methoxy groups -OCH3 is 1. The van der Waals surface area contributed by atoms with Crippen molar-refractivity contribution in [1.29, 1.82) is 0 Å². The van der Waals surface area contributed by atoms with Gasteiger partial charge in [0.05, 0.1) is 13.2 Å². The van der Waals surface area contributed by atoms with Crippen LogP contribution in [-0.2, 0) is 11.8 Å². The molecule has 0 aliphatic heterocycles. The molecular formula is C12H20N2O2. The van der Waals surface area contributed by atoms with E-state index in [2.05, 4.69) is 5.32 Å². The third-order valence-corrected chi connectivity index (χ3v) is 2.84. The maximum absolute atomic E-state index is 11.9. The van der Waals surface area contributed by atoms with Crippen molar-refractivity contribution in [3.8, 4) is 0 Å². The Bertz CT molecular complexity index is 369. The Morgan fingerprint density at radius 2 is 2.19 bits per heavy atom. The van der Waals surface area contributed by atoms with Crippen molar-refractivity contribution in [2.24, 2.45) is 7.05 Å². The number of nitrogens with zero attached hydrogens (tertiary/aromatic N) is 1. The first-order valence-electron chi connectivity index (χ1n) is 5.43. The van der Waals surface area contributed by atoms with Gasteiger partial charge in [0, 0.05) is 37.7 Å². The van der Waals surface area contributed by atoms with Crippen LogP contribution in [0.1, 0.15) is 21.7 Å². The van der Waals surface area contributed by atoms with Crippen molar-refractivity contribution in [2.75, 3.05) is 26.8 Å². The second kappa shape index (κ2) is 5.82. The Labute approximate surface area is 96.6 Å². The lowest BCUT2D eigenvalue weighted by Crippen LogP contribution is -2.26. The molecule has 0 saturated heterocycles. The molecule has 0 aliphatic rings. The van der Waals surface area contributed by atoms with Crippen molar-refractivity contribution in [2.45, 2.75) is 13.8 Å². The number of rotatable bonds is 6. The number of hydrogen-bond acceptors (Lipinski definition) is 3. The fourth-order valence-electron chi connectivity index (χ4n) is 1.61. The van der Waals surface area contributed by atoms with E-state index in [-0.39, 0.29) is 5.78 Å². The Morgan fingerprint density at radius 3 is 2.69 bits per heavy atom. The first-order chi connectivity index (χ1) is 7.57. The predicted octanol–water partition coefficient (Wildman–Crippen LogP) is 1.06. The summed E-state index contributed by atoms with van der Waals surface area (Å²) >= 11 is 0. The average molecular weight is 224 g/mol. The standard InChI is InChI=1S/C12H20N2O2/c1-9-7-11(10(2)14(9)3)12(15)8-13-5-6-16-4/h7,13H,5-6,8H2,1-4H3. The zero-order valence-corrected chi connectivity index (χ0v) is 10.5. The van der Waals surface area contributed by atoms with Gasteiger partial charge in [0.25, 0.3) is 0 Å². The molecule has 0 atom stereocenters. The second-order valence-corrected chi connectivity index (χ2v) is 3.94. The van der Waals surface area contributed by atoms with Crippen LogP contribution in [0.3, 0.4) is 0 Å². The summed E-state index contributed by atoms with van der Waals surface area (Å²) in [6, 6.07) is 1.94. The van der Waals surface area contributed by atoms with Crippen LogP contribution < -0.4 is 5.32 Å². The van der Waals surface area contributed by atoms with E-state index in [0.717, 1.165) is 17.0 Å². The van der Waals surface area contributed by atoms with E-state index in [4.69, 9.17) is 4.74 Å². The van der Waals surface area contributed by atoms with Crippen LogP contribution in [0.25, 0.3) is 0 Å². The van der Waals surface area contributed by atoms with Gasteiger partial charge < -0.3 is 14.6 Å². The summed E-state index contributed by atoms with van der Waals surface area (Å²) in [5.41, 5.74) is 2.94. The molecule has 0 saturated carbocycles. The van der Waals surface area contributed by atoms with Gasteiger partial charge in [-0.2, -0.15) is 0 Å². The average Bonchev–Trinajstić information content (AvgIpc) is 2.52. The minimum Gasteiger partial charge on any atom is -0.383 e.